The summed E-state index contributed by atoms with van der Waals surface area (Å²) < 4.78 is 0. The molecule has 0 atom stereocenters. The van der Waals surface area contributed by atoms with Crippen molar-refractivity contribution in [2.24, 2.45) is 0 Å². The molecule has 0 fully saturated rings. The maximum absolute atomic E-state index is 8.25. The van der Waals surface area contributed by atoms with Crippen LogP contribution < -0.4 is 0 Å². The summed E-state index contributed by atoms with van der Waals surface area (Å²) in [6, 6.07) is 11.6. The van der Waals surface area contributed by atoms with E-state index >= 15 is 0 Å². The first-order valence-electron chi connectivity index (χ1n) is 4.89. The van der Waals surface area contributed by atoms with Crippen LogP contribution in [0.15, 0.2) is 48.8 Å². The third-order valence-corrected chi connectivity index (χ3v) is 1.59. The summed E-state index contributed by atoms with van der Waals surface area (Å²) in [4.78, 5) is 24.9. The second-order valence-electron chi connectivity index (χ2n) is 2.88. The Morgan fingerprint density at radius 3 is 1.08 bits per heavy atom. The Bertz CT molecular complexity index is 475. The van der Waals surface area contributed by atoms with E-state index < -0.39 is 10.2 Å². The minimum absolute atomic E-state index is 0. The number of nitrogens with zero attached hydrogens (tertiary/aromatic N) is 4. The zero-order chi connectivity index (χ0) is 15.4. The molecule has 2 heterocycles. The molecule has 0 unspecified atom stereocenters. The van der Waals surface area contributed by atoms with Gasteiger partial charge in [-0.15, -0.1) is 0 Å². The molecule has 0 aliphatic heterocycles. The van der Waals surface area contributed by atoms with Crippen LogP contribution in [0.2, 0.25) is 0 Å². The SMILES string of the molecule is O=[N+]([O-])[O-].O=[N+]([O-])[O-].[Mn+2].[OH3+].[OH3+].[OH3+].c1ccc(-c2ccccn2)nc1. The molecular weight excluding hydrogens is 375 g/mol. The van der Waals surface area contributed by atoms with Gasteiger partial charge in [-0.3, -0.25) is 9.97 Å². The molecule has 0 aliphatic rings. The van der Waals surface area contributed by atoms with Gasteiger partial charge in [-0.1, -0.05) is 12.1 Å². The number of hydrogen-bond donors (Lipinski definition) is 0. The fraction of sp³-hybridized carbons (Fsp3) is 0. The van der Waals surface area contributed by atoms with Crippen molar-refractivity contribution in [2.45, 2.75) is 0 Å². The largest absolute Gasteiger partial charge is 2.00 e. The first kappa shape index (κ1) is 32.9. The van der Waals surface area contributed by atoms with Crippen molar-refractivity contribution in [2.75, 3.05) is 0 Å². The summed E-state index contributed by atoms with van der Waals surface area (Å²) in [6.07, 6.45) is 3.54. The van der Waals surface area contributed by atoms with Gasteiger partial charge in [0.2, 0.25) is 0 Å². The molecule has 0 saturated heterocycles. The van der Waals surface area contributed by atoms with Crippen LogP contribution in [0, 0.1) is 30.6 Å². The Morgan fingerprint density at radius 1 is 0.667 bits per heavy atom. The van der Waals surface area contributed by atoms with Crippen LogP contribution in [0.3, 0.4) is 0 Å². The minimum atomic E-state index is -1.75. The second kappa shape index (κ2) is 20.1. The monoisotopic (exact) mass is 392 g/mol. The van der Waals surface area contributed by atoms with E-state index in [2.05, 4.69) is 9.97 Å². The number of rotatable bonds is 1. The number of hydrogen-bond acceptors (Lipinski definition) is 8. The Morgan fingerprint density at radius 2 is 0.917 bits per heavy atom. The smallest absolute Gasteiger partial charge is 0.457 e. The maximum Gasteiger partial charge on any atom is 2.00 e. The van der Waals surface area contributed by atoms with E-state index in [1.807, 2.05) is 36.4 Å². The predicted molar refractivity (Wildman–Crippen MR) is 82.8 cm³/mol. The summed E-state index contributed by atoms with van der Waals surface area (Å²) in [5, 5.41) is 29.5. The van der Waals surface area contributed by atoms with Gasteiger partial charge in [0.25, 0.3) is 0 Å². The molecule has 135 valence electrons. The third kappa shape index (κ3) is 21.4. The van der Waals surface area contributed by atoms with Gasteiger partial charge in [-0.05, 0) is 24.3 Å². The van der Waals surface area contributed by atoms with Gasteiger partial charge in [0, 0.05) is 12.4 Å². The van der Waals surface area contributed by atoms with Crippen molar-refractivity contribution >= 4 is 0 Å². The normalized spacial score (nSPS) is 6.83. The van der Waals surface area contributed by atoms with Crippen molar-refractivity contribution < 1.29 is 43.7 Å². The van der Waals surface area contributed by atoms with Crippen LogP contribution >= 0.6 is 0 Å². The average molecular weight is 392 g/mol. The standard InChI is InChI=1S/C10H8N2.Mn.2NO3.3H2O/c1-3-7-11-9(5-1)10-6-2-4-8-12-10;;2*2-1(3)4;;;/h1-8H;;;;3*1H2/q;+2;2*-1;;;/p+3. The van der Waals surface area contributed by atoms with Gasteiger partial charge < -0.3 is 47.1 Å². The van der Waals surface area contributed by atoms with E-state index in [1.165, 1.54) is 0 Å². The molecule has 2 aromatic heterocycles. The van der Waals surface area contributed by atoms with Crippen molar-refractivity contribution in [1.29, 1.82) is 0 Å². The number of pyridine rings is 2. The van der Waals surface area contributed by atoms with Crippen molar-refractivity contribution in [3.8, 4) is 11.4 Å². The molecule has 9 N–H and O–H groups in total. The van der Waals surface area contributed by atoms with Crippen LogP contribution in [0.4, 0.5) is 0 Å². The Kier molecular flexibility index (Phi) is 27.5. The van der Waals surface area contributed by atoms with Gasteiger partial charge in [0.1, 0.15) is 0 Å². The molecule has 0 aliphatic carbocycles. The van der Waals surface area contributed by atoms with Gasteiger partial charge in [0.05, 0.1) is 21.6 Å². The molecule has 13 nitrogen and oxygen atoms in total. The Balaban J connectivity index is -0.0000000876. The first-order chi connectivity index (χ1) is 9.43. The summed E-state index contributed by atoms with van der Waals surface area (Å²) in [7, 11) is 0. The fourth-order valence-electron chi connectivity index (χ4n) is 1.03. The van der Waals surface area contributed by atoms with E-state index in [4.69, 9.17) is 30.6 Å². The third-order valence-electron chi connectivity index (χ3n) is 1.59. The van der Waals surface area contributed by atoms with Crippen molar-refractivity contribution in [1.82, 2.24) is 9.97 Å². The zero-order valence-corrected chi connectivity index (χ0v) is 13.1. The maximum atomic E-state index is 8.25. The molecule has 0 aromatic carbocycles. The minimum Gasteiger partial charge on any atom is -0.457 e. The number of aromatic nitrogens is 2. The molecule has 0 saturated carbocycles. The van der Waals surface area contributed by atoms with Crippen LogP contribution in [0.5, 0.6) is 0 Å². The first-order valence-corrected chi connectivity index (χ1v) is 4.89. The molecule has 0 spiro atoms. The molecule has 24 heavy (non-hydrogen) atoms. The van der Waals surface area contributed by atoms with E-state index in [1.54, 1.807) is 12.4 Å². The summed E-state index contributed by atoms with van der Waals surface area (Å²) in [5.74, 6) is 0. The Labute approximate surface area is 145 Å². The van der Waals surface area contributed by atoms with Gasteiger partial charge in [0.15, 0.2) is 0 Å². The van der Waals surface area contributed by atoms with Gasteiger partial charge in [-0.25, -0.2) is 0 Å². The summed E-state index contributed by atoms with van der Waals surface area (Å²) >= 11 is 0. The van der Waals surface area contributed by atoms with Crippen LogP contribution in [-0.2, 0) is 33.5 Å². The quantitative estimate of drug-likeness (QED) is 0.248. The fourth-order valence-corrected chi connectivity index (χ4v) is 1.03. The second-order valence-corrected chi connectivity index (χ2v) is 2.88. The summed E-state index contributed by atoms with van der Waals surface area (Å²) in [5.41, 5.74) is 1.83. The van der Waals surface area contributed by atoms with E-state index in [-0.39, 0.29) is 33.5 Å². The molecule has 1 radical (unpaired) electrons. The van der Waals surface area contributed by atoms with Gasteiger partial charge in [-0.2, -0.15) is 0 Å². The molecule has 14 heteroatoms. The van der Waals surface area contributed by atoms with Gasteiger partial charge >= 0.3 is 17.1 Å². The average Bonchev–Trinajstić information content (AvgIpc) is 2.39. The van der Waals surface area contributed by atoms with E-state index in [0.29, 0.717) is 0 Å². The van der Waals surface area contributed by atoms with Crippen molar-refractivity contribution in [3.05, 3.63) is 79.4 Å². The van der Waals surface area contributed by atoms with E-state index in [0.717, 1.165) is 11.4 Å². The Hall–Kier alpha value is -2.90. The van der Waals surface area contributed by atoms with Crippen LogP contribution in [0.1, 0.15) is 0 Å². The topological polar surface area (TPSA) is 257 Å². The van der Waals surface area contributed by atoms with Crippen LogP contribution in [0.25, 0.3) is 11.4 Å². The molecule has 2 aromatic rings. The predicted octanol–water partition coefficient (Wildman–Crippen LogP) is -1.10. The van der Waals surface area contributed by atoms with Crippen LogP contribution in [-0.4, -0.2) is 20.1 Å². The molecule has 0 bridgehead atoms. The van der Waals surface area contributed by atoms with Crippen molar-refractivity contribution in [3.63, 3.8) is 0 Å². The summed E-state index contributed by atoms with van der Waals surface area (Å²) in [6.45, 7) is 0. The molecular formula is C10H17MnN4O9+3. The zero-order valence-electron chi connectivity index (χ0n) is 12.0. The molecule has 2 rings (SSSR count). The van der Waals surface area contributed by atoms with E-state index in [9.17, 15) is 0 Å². The molecule has 0 amide bonds.